The molecule has 2 aliphatic rings. The Labute approximate surface area is 190 Å². The normalized spacial score (nSPS) is 43.8. The molecule has 0 N–H and O–H groups in total. The van der Waals surface area contributed by atoms with Gasteiger partial charge < -0.3 is 0 Å². The van der Waals surface area contributed by atoms with Crippen molar-refractivity contribution in [2.45, 2.75) is 156 Å². The Morgan fingerprint density at radius 2 is 0.933 bits per heavy atom. The first-order valence-electron chi connectivity index (χ1n) is 13.5. The van der Waals surface area contributed by atoms with Crippen molar-refractivity contribution >= 4 is 0 Å². The molecule has 0 aromatic rings. The first kappa shape index (κ1) is 26.2. The molecule has 30 heavy (non-hydrogen) atoms. The van der Waals surface area contributed by atoms with Crippen LogP contribution >= 0.6 is 0 Å². The van der Waals surface area contributed by atoms with Crippen LogP contribution in [0.5, 0.6) is 0 Å². The average Bonchev–Trinajstić information content (AvgIpc) is 2.75. The molecule has 2 heteroatoms. The number of nitrogens with zero attached hydrogens (tertiary/aromatic N) is 2. The van der Waals surface area contributed by atoms with Crippen molar-refractivity contribution in [2.75, 3.05) is 13.1 Å². The molecule has 2 saturated heterocycles. The summed E-state index contributed by atoms with van der Waals surface area (Å²) >= 11 is 0. The largest absolute Gasteiger partial charge is 0.292 e. The Bertz CT molecular complexity index is 499. The van der Waals surface area contributed by atoms with Crippen LogP contribution in [0, 0.1) is 11.8 Å². The second kappa shape index (κ2) is 9.82. The Hall–Kier alpha value is -0.0800. The van der Waals surface area contributed by atoms with Crippen molar-refractivity contribution < 1.29 is 0 Å². The predicted molar refractivity (Wildman–Crippen MR) is 134 cm³/mol. The Morgan fingerprint density at radius 3 is 1.20 bits per heavy atom. The molecule has 0 aromatic carbocycles. The average molecular weight is 421 g/mol. The van der Waals surface area contributed by atoms with Crippen LogP contribution in [-0.2, 0) is 0 Å². The molecule has 2 fully saturated rings. The third-order valence-corrected chi connectivity index (χ3v) is 10.9. The molecular formula is C28H56N2. The monoisotopic (exact) mass is 420 g/mol. The van der Waals surface area contributed by atoms with Gasteiger partial charge in [0.05, 0.1) is 0 Å². The van der Waals surface area contributed by atoms with Gasteiger partial charge in [-0.2, -0.15) is 0 Å². The zero-order valence-electron chi connectivity index (χ0n) is 22.5. The van der Waals surface area contributed by atoms with Crippen molar-refractivity contribution in [1.29, 1.82) is 0 Å². The fraction of sp³-hybridized carbons (Fsp3) is 1.00. The van der Waals surface area contributed by atoms with Gasteiger partial charge >= 0.3 is 0 Å². The summed E-state index contributed by atoms with van der Waals surface area (Å²) in [6.07, 6.45) is 13.3. The highest BCUT2D eigenvalue weighted by molar-refractivity contribution is 5.04. The number of rotatable bonds is 9. The number of piperidine rings is 2. The summed E-state index contributed by atoms with van der Waals surface area (Å²) in [5.74, 6) is 1.61. The van der Waals surface area contributed by atoms with Gasteiger partial charge in [-0.05, 0) is 117 Å². The molecule has 6 unspecified atom stereocenters. The van der Waals surface area contributed by atoms with Crippen molar-refractivity contribution in [3.05, 3.63) is 0 Å². The summed E-state index contributed by atoms with van der Waals surface area (Å²) in [5, 5.41) is 0. The number of hydrogen-bond donors (Lipinski definition) is 0. The van der Waals surface area contributed by atoms with E-state index in [1.54, 1.807) is 0 Å². The Balaban J connectivity index is 2.10. The fourth-order valence-corrected chi connectivity index (χ4v) is 7.12. The topological polar surface area (TPSA) is 6.48 Å². The van der Waals surface area contributed by atoms with Gasteiger partial charge in [0.1, 0.15) is 0 Å². The first-order chi connectivity index (χ1) is 14.0. The summed E-state index contributed by atoms with van der Waals surface area (Å²) in [5.41, 5.74) is 1.48. The van der Waals surface area contributed by atoms with Crippen LogP contribution in [0.2, 0.25) is 0 Å². The molecule has 0 radical (unpaired) electrons. The van der Waals surface area contributed by atoms with E-state index in [0.29, 0.717) is 22.2 Å². The third-order valence-electron chi connectivity index (χ3n) is 10.9. The van der Waals surface area contributed by atoms with Crippen LogP contribution in [0.4, 0.5) is 0 Å². The van der Waals surface area contributed by atoms with Gasteiger partial charge in [0.15, 0.2) is 0 Å². The highest BCUT2D eigenvalue weighted by atomic mass is 15.3. The van der Waals surface area contributed by atoms with Gasteiger partial charge in [-0.15, -0.1) is 0 Å². The Morgan fingerprint density at radius 1 is 0.600 bits per heavy atom. The quantitative estimate of drug-likeness (QED) is 0.350. The number of likely N-dealkylation sites (tertiary alicyclic amines) is 2. The van der Waals surface area contributed by atoms with E-state index >= 15 is 0 Å². The van der Waals surface area contributed by atoms with E-state index in [1.165, 1.54) is 77.3 Å². The van der Waals surface area contributed by atoms with Gasteiger partial charge in [-0.1, -0.05) is 41.5 Å². The molecule has 2 aliphatic heterocycles. The molecule has 0 amide bonds. The summed E-state index contributed by atoms with van der Waals surface area (Å²) in [4.78, 5) is 5.90. The molecule has 0 spiro atoms. The summed E-state index contributed by atoms with van der Waals surface area (Å²) < 4.78 is 0. The summed E-state index contributed by atoms with van der Waals surface area (Å²) in [7, 11) is 0. The van der Waals surface area contributed by atoms with Crippen LogP contribution in [0.1, 0.15) is 133 Å². The molecule has 178 valence electrons. The van der Waals surface area contributed by atoms with Crippen LogP contribution in [0.25, 0.3) is 0 Å². The molecule has 6 atom stereocenters. The molecule has 2 nitrogen and oxygen atoms in total. The van der Waals surface area contributed by atoms with E-state index in [4.69, 9.17) is 0 Å². The van der Waals surface area contributed by atoms with Crippen molar-refractivity contribution in [3.8, 4) is 0 Å². The Kier molecular flexibility index (Phi) is 8.57. The van der Waals surface area contributed by atoms with Gasteiger partial charge in [0.25, 0.3) is 0 Å². The highest BCUT2D eigenvalue weighted by Crippen LogP contribution is 2.47. The molecule has 0 aromatic heterocycles. The molecule has 2 rings (SSSR count). The third kappa shape index (κ3) is 4.52. The van der Waals surface area contributed by atoms with Crippen molar-refractivity contribution in [3.63, 3.8) is 0 Å². The summed E-state index contributed by atoms with van der Waals surface area (Å²) in [6.45, 7) is 27.4. The number of unbranched alkanes of at least 4 members (excludes halogenated alkanes) is 1. The van der Waals surface area contributed by atoms with Gasteiger partial charge in [-0.3, -0.25) is 9.80 Å². The molecule has 2 heterocycles. The van der Waals surface area contributed by atoms with Gasteiger partial charge in [0, 0.05) is 22.2 Å². The second-order valence-corrected chi connectivity index (χ2v) is 12.0. The maximum atomic E-state index is 2.95. The standard InChI is InChI=1S/C28H56N2/c1-11-25(7)19-17-23(5)27(9,13-3)29(25)21-15-16-22-30-26(8,12-2)20-18-24(6)28(30,10)14-4/h23-24H,11-22H2,1-10H3. The van der Waals surface area contributed by atoms with Gasteiger partial charge in [-0.25, -0.2) is 0 Å². The maximum Gasteiger partial charge on any atom is 0.0209 e. The fourth-order valence-electron chi connectivity index (χ4n) is 7.12. The SMILES string of the molecule is CCC1(C)CCC(C)C(C)(CC)N1CCCCN1C(C)(CC)CCC(C)C1(C)CC. The van der Waals surface area contributed by atoms with E-state index in [-0.39, 0.29) is 0 Å². The molecule has 0 bridgehead atoms. The minimum atomic E-state index is 0.360. The lowest BCUT2D eigenvalue weighted by Crippen LogP contribution is -2.64. The van der Waals surface area contributed by atoms with Crippen molar-refractivity contribution in [1.82, 2.24) is 9.80 Å². The first-order valence-corrected chi connectivity index (χ1v) is 13.5. The van der Waals surface area contributed by atoms with Crippen LogP contribution in [-0.4, -0.2) is 45.0 Å². The van der Waals surface area contributed by atoms with Crippen LogP contribution in [0.3, 0.4) is 0 Å². The van der Waals surface area contributed by atoms with Crippen molar-refractivity contribution in [2.24, 2.45) is 11.8 Å². The second-order valence-electron chi connectivity index (χ2n) is 12.0. The summed E-state index contributed by atoms with van der Waals surface area (Å²) in [6, 6.07) is 0. The van der Waals surface area contributed by atoms with Crippen LogP contribution in [0.15, 0.2) is 0 Å². The smallest absolute Gasteiger partial charge is 0.0209 e. The lowest BCUT2D eigenvalue weighted by atomic mass is 9.69. The van der Waals surface area contributed by atoms with E-state index in [0.717, 1.165) is 11.8 Å². The van der Waals surface area contributed by atoms with Crippen LogP contribution < -0.4 is 0 Å². The van der Waals surface area contributed by atoms with Gasteiger partial charge in [0.2, 0.25) is 0 Å². The predicted octanol–water partition coefficient (Wildman–Crippen LogP) is 7.91. The minimum absolute atomic E-state index is 0.360. The van der Waals surface area contributed by atoms with E-state index < -0.39 is 0 Å². The maximum absolute atomic E-state index is 2.95. The molecule has 0 aliphatic carbocycles. The number of hydrogen-bond acceptors (Lipinski definition) is 2. The highest BCUT2D eigenvalue weighted by Gasteiger charge is 2.49. The van der Waals surface area contributed by atoms with E-state index in [1.807, 2.05) is 0 Å². The lowest BCUT2D eigenvalue weighted by Gasteiger charge is -2.59. The lowest BCUT2D eigenvalue weighted by molar-refractivity contribution is -0.0917. The molecule has 0 saturated carbocycles. The zero-order valence-corrected chi connectivity index (χ0v) is 22.5. The molecular weight excluding hydrogens is 364 g/mol. The van der Waals surface area contributed by atoms with E-state index in [2.05, 4.69) is 79.0 Å². The zero-order chi connectivity index (χ0) is 22.8. The minimum Gasteiger partial charge on any atom is -0.292 e. The van der Waals surface area contributed by atoms with E-state index in [9.17, 15) is 0 Å².